The van der Waals surface area contributed by atoms with E-state index in [4.69, 9.17) is 5.26 Å². The minimum absolute atomic E-state index is 0.110. The van der Waals surface area contributed by atoms with Crippen LogP contribution in [0.4, 0.5) is 0 Å². The average Bonchev–Trinajstić information content (AvgIpc) is 2.15. The molecule has 1 rings (SSSR count). The quantitative estimate of drug-likeness (QED) is 0.361. The zero-order valence-electron chi connectivity index (χ0n) is 6.57. The van der Waals surface area contributed by atoms with Gasteiger partial charge in [-0.15, -0.1) is 0 Å². The van der Waals surface area contributed by atoms with Crippen molar-refractivity contribution in [3.63, 3.8) is 0 Å². The lowest BCUT2D eigenvalue weighted by Crippen LogP contribution is -1.89. The van der Waals surface area contributed by atoms with Crippen LogP contribution in [0.3, 0.4) is 0 Å². The normalized spacial score (nSPS) is 10.6. The molecule has 0 amide bonds. The van der Waals surface area contributed by atoms with Crippen molar-refractivity contribution in [3.05, 3.63) is 35.7 Å². The van der Waals surface area contributed by atoms with Gasteiger partial charge in [0.25, 0.3) is 0 Å². The first kappa shape index (κ1) is 9.86. The fourth-order valence-corrected chi connectivity index (χ4v) is 1.02. The molecular formula is C9H5IN2O. The summed E-state index contributed by atoms with van der Waals surface area (Å²) in [5.41, 5.74) is 0.725. The third-order valence-corrected chi connectivity index (χ3v) is 1.89. The number of carbonyl (C=O) groups is 1. The maximum atomic E-state index is 10.8. The van der Waals surface area contributed by atoms with Crippen LogP contribution in [-0.2, 0) is 4.79 Å². The number of allylic oxidation sites excluding steroid dienone is 1. The number of nitriles is 1. The van der Waals surface area contributed by atoms with Crippen molar-refractivity contribution in [3.8, 4) is 6.07 Å². The molecule has 0 aliphatic heterocycles. The third-order valence-electron chi connectivity index (χ3n) is 1.31. The minimum atomic E-state index is -0.272. The molecule has 0 atom stereocenters. The molecule has 1 heterocycles. The molecule has 0 radical (unpaired) electrons. The molecule has 64 valence electrons. The van der Waals surface area contributed by atoms with Crippen LogP contribution in [0, 0.1) is 11.3 Å². The van der Waals surface area contributed by atoms with E-state index in [1.807, 2.05) is 6.07 Å². The van der Waals surface area contributed by atoms with Crippen LogP contribution in [-0.4, -0.2) is 8.77 Å². The molecule has 0 saturated carbocycles. The smallest absolute Gasteiger partial charge is 0.232 e. The van der Waals surface area contributed by atoms with Gasteiger partial charge in [0, 0.05) is 28.8 Å². The molecule has 0 aromatic carbocycles. The SMILES string of the molecule is N#C/C(=C\c1ccccn1)C(=O)I. The molecule has 0 N–H and O–H groups in total. The van der Waals surface area contributed by atoms with E-state index in [1.165, 1.54) is 6.08 Å². The van der Waals surface area contributed by atoms with Crippen LogP contribution in [0.2, 0.25) is 0 Å². The van der Waals surface area contributed by atoms with Crippen molar-refractivity contribution in [2.45, 2.75) is 0 Å². The Morgan fingerprint density at radius 2 is 2.38 bits per heavy atom. The van der Waals surface area contributed by atoms with Crippen LogP contribution >= 0.6 is 22.6 Å². The summed E-state index contributed by atoms with van der Waals surface area (Å²) in [5.74, 6) is 0. The first-order valence-electron chi connectivity index (χ1n) is 3.46. The van der Waals surface area contributed by atoms with Gasteiger partial charge in [0.1, 0.15) is 11.6 Å². The summed E-state index contributed by atoms with van der Waals surface area (Å²) in [4.78, 5) is 14.8. The summed E-state index contributed by atoms with van der Waals surface area (Å²) in [6.07, 6.45) is 3.08. The molecule has 0 spiro atoms. The van der Waals surface area contributed by atoms with E-state index in [-0.39, 0.29) is 9.36 Å². The summed E-state index contributed by atoms with van der Waals surface area (Å²) in [7, 11) is 0. The Balaban J connectivity index is 3.01. The zero-order chi connectivity index (χ0) is 9.68. The molecular weight excluding hydrogens is 279 g/mol. The highest BCUT2D eigenvalue weighted by atomic mass is 127. The Morgan fingerprint density at radius 1 is 1.62 bits per heavy atom. The number of rotatable bonds is 2. The summed E-state index contributed by atoms with van der Waals surface area (Å²) in [6.45, 7) is 0. The summed E-state index contributed by atoms with van der Waals surface area (Å²) in [6, 6.07) is 7.12. The van der Waals surface area contributed by atoms with Crippen molar-refractivity contribution in [1.29, 1.82) is 5.26 Å². The maximum Gasteiger partial charge on any atom is 0.232 e. The molecule has 13 heavy (non-hydrogen) atoms. The van der Waals surface area contributed by atoms with Crippen LogP contribution in [0.25, 0.3) is 6.08 Å². The van der Waals surface area contributed by atoms with E-state index >= 15 is 0 Å². The van der Waals surface area contributed by atoms with E-state index in [0.717, 1.165) is 0 Å². The van der Waals surface area contributed by atoms with Crippen LogP contribution in [0.1, 0.15) is 5.69 Å². The van der Waals surface area contributed by atoms with Crippen molar-refractivity contribution >= 4 is 32.5 Å². The van der Waals surface area contributed by atoms with Gasteiger partial charge in [-0.1, -0.05) is 6.07 Å². The molecule has 0 unspecified atom stereocenters. The second-order valence-corrected chi connectivity index (χ2v) is 3.18. The maximum absolute atomic E-state index is 10.8. The van der Waals surface area contributed by atoms with Crippen molar-refractivity contribution < 1.29 is 4.79 Å². The molecule has 1 aromatic rings. The van der Waals surface area contributed by atoms with Gasteiger partial charge in [-0.25, -0.2) is 0 Å². The molecule has 0 fully saturated rings. The Labute approximate surface area is 89.2 Å². The first-order chi connectivity index (χ1) is 6.24. The first-order valence-corrected chi connectivity index (χ1v) is 4.54. The van der Waals surface area contributed by atoms with Crippen molar-refractivity contribution in [2.75, 3.05) is 0 Å². The molecule has 0 aliphatic rings. The molecule has 4 heteroatoms. The topological polar surface area (TPSA) is 53.8 Å². The van der Waals surface area contributed by atoms with Gasteiger partial charge in [0.15, 0.2) is 0 Å². The summed E-state index contributed by atoms with van der Waals surface area (Å²) in [5, 5.41) is 8.59. The Kier molecular flexibility index (Phi) is 3.58. The van der Waals surface area contributed by atoms with Gasteiger partial charge in [-0.3, -0.25) is 9.78 Å². The lowest BCUT2D eigenvalue weighted by Gasteiger charge is -1.91. The Bertz CT molecular complexity index is 378. The van der Waals surface area contributed by atoms with E-state index < -0.39 is 0 Å². The summed E-state index contributed by atoms with van der Waals surface area (Å²) < 4.78 is -0.272. The van der Waals surface area contributed by atoms with E-state index in [9.17, 15) is 4.79 Å². The molecule has 0 saturated heterocycles. The van der Waals surface area contributed by atoms with E-state index in [1.54, 1.807) is 47.0 Å². The highest BCUT2D eigenvalue weighted by Crippen LogP contribution is 2.07. The van der Waals surface area contributed by atoms with Crippen LogP contribution < -0.4 is 0 Å². The second kappa shape index (κ2) is 4.72. The fraction of sp³-hybridized carbons (Fsp3) is 0. The van der Waals surface area contributed by atoms with Crippen LogP contribution in [0.5, 0.6) is 0 Å². The number of halogens is 1. The highest BCUT2D eigenvalue weighted by molar-refractivity contribution is 14.1. The van der Waals surface area contributed by atoms with Crippen molar-refractivity contribution in [2.24, 2.45) is 0 Å². The van der Waals surface area contributed by atoms with E-state index in [2.05, 4.69) is 4.98 Å². The zero-order valence-corrected chi connectivity index (χ0v) is 8.72. The number of hydrogen-bond donors (Lipinski definition) is 0. The number of pyridine rings is 1. The van der Waals surface area contributed by atoms with Gasteiger partial charge in [0.05, 0.1) is 5.69 Å². The highest BCUT2D eigenvalue weighted by Gasteiger charge is 2.03. The Morgan fingerprint density at radius 3 is 2.85 bits per heavy atom. The van der Waals surface area contributed by atoms with Gasteiger partial charge in [-0.2, -0.15) is 5.26 Å². The predicted octanol–water partition coefficient (Wildman–Crippen LogP) is 1.95. The summed E-state index contributed by atoms with van der Waals surface area (Å²) >= 11 is 1.57. The van der Waals surface area contributed by atoms with Gasteiger partial charge in [-0.05, 0) is 18.2 Å². The van der Waals surface area contributed by atoms with Crippen LogP contribution in [0.15, 0.2) is 30.0 Å². The lowest BCUT2D eigenvalue weighted by atomic mass is 10.2. The third kappa shape index (κ3) is 2.95. The van der Waals surface area contributed by atoms with Gasteiger partial charge >= 0.3 is 0 Å². The minimum Gasteiger partial charge on any atom is -0.281 e. The Hall–Kier alpha value is -1.22. The van der Waals surface area contributed by atoms with Crippen molar-refractivity contribution in [1.82, 2.24) is 4.98 Å². The monoisotopic (exact) mass is 284 g/mol. The molecule has 0 aliphatic carbocycles. The lowest BCUT2D eigenvalue weighted by molar-refractivity contribution is -0.106. The molecule has 0 bridgehead atoms. The number of aromatic nitrogens is 1. The van der Waals surface area contributed by atoms with Gasteiger partial charge < -0.3 is 0 Å². The predicted molar refractivity (Wildman–Crippen MR) is 56.9 cm³/mol. The second-order valence-electron chi connectivity index (χ2n) is 2.20. The molecule has 1 aromatic heterocycles. The van der Waals surface area contributed by atoms with E-state index in [0.29, 0.717) is 5.69 Å². The standard InChI is InChI=1S/C9H5IN2O/c10-9(13)7(6-11)5-8-3-1-2-4-12-8/h1-5H/b7-5+. The largest absolute Gasteiger partial charge is 0.281 e. The molecule has 3 nitrogen and oxygen atoms in total. The van der Waals surface area contributed by atoms with Gasteiger partial charge in [0.2, 0.25) is 3.79 Å². The number of carbonyl (C=O) groups excluding carboxylic acids is 1. The number of nitrogens with zero attached hydrogens (tertiary/aromatic N) is 2. The number of hydrogen-bond acceptors (Lipinski definition) is 3. The fourth-order valence-electron chi connectivity index (χ4n) is 0.742. The average molecular weight is 284 g/mol.